The zero-order valence-electron chi connectivity index (χ0n) is 11.2. The minimum atomic E-state index is -3.13. The minimum absolute atomic E-state index is 0.189. The smallest absolute Gasteiger partial charge is 0.178 e. The first-order valence-electron chi connectivity index (χ1n) is 6.12. The van der Waals surface area contributed by atoms with Crippen LogP contribution in [0.4, 0.5) is 5.69 Å². The van der Waals surface area contributed by atoms with E-state index >= 15 is 0 Å². The summed E-state index contributed by atoms with van der Waals surface area (Å²) in [4.78, 5) is 0.375. The molecule has 0 aromatic heterocycles. The van der Waals surface area contributed by atoms with E-state index in [-0.39, 0.29) is 11.3 Å². The van der Waals surface area contributed by atoms with Gasteiger partial charge in [-0.15, -0.1) is 0 Å². The molecule has 0 amide bonds. The molecule has 0 atom stereocenters. The molecular weight excluding hydrogens is 248 g/mol. The molecule has 0 bridgehead atoms. The van der Waals surface area contributed by atoms with E-state index in [4.69, 9.17) is 5.73 Å². The van der Waals surface area contributed by atoms with Crippen molar-refractivity contribution in [3.05, 3.63) is 24.3 Å². The van der Waals surface area contributed by atoms with Crippen molar-refractivity contribution in [2.24, 2.45) is 5.73 Å². The second-order valence-electron chi connectivity index (χ2n) is 5.06. The van der Waals surface area contributed by atoms with E-state index in [1.807, 2.05) is 20.8 Å². The standard InChI is InChI=1S/C13H22N2O2S/c1-4-9-18(16,17)12-7-5-11(6-8-12)15-13(2,3)10-14/h5-8,15H,4,9-10,14H2,1-3H3. The van der Waals surface area contributed by atoms with Crippen molar-refractivity contribution in [3.8, 4) is 0 Å². The zero-order chi connectivity index (χ0) is 13.8. The van der Waals surface area contributed by atoms with Crippen LogP contribution in [0.2, 0.25) is 0 Å². The third-order valence-corrected chi connectivity index (χ3v) is 4.62. The second-order valence-corrected chi connectivity index (χ2v) is 7.17. The van der Waals surface area contributed by atoms with Crippen molar-refractivity contribution >= 4 is 15.5 Å². The molecule has 3 N–H and O–H groups in total. The van der Waals surface area contributed by atoms with Crippen LogP contribution >= 0.6 is 0 Å². The van der Waals surface area contributed by atoms with Gasteiger partial charge in [0.2, 0.25) is 0 Å². The number of nitrogens with two attached hydrogens (primary N) is 1. The van der Waals surface area contributed by atoms with E-state index in [2.05, 4.69) is 5.32 Å². The highest BCUT2D eigenvalue weighted by molar-refractivity contribution is 7.91. The average molecular weight is 270 g/mol. The Hall–Kier alpha value is -1.07. The second kappa shape index (κ2) is 5.71. The Bertz CT molecular complexity index is 478. The van der Waals surface area contributed by atoms with Gasteiger partial charge in [0.1, 0.15) is 0 Å². The molecule has 0 radical (unpaired) electrons. The molecule has 0 saturated carbocycles. The molecule has 0 aliphatic heterocycles. The van der Waals surface area contributed by atoms with Crippen molar-refractivity contribution in [3.63, 3.8) is 0 Å². The van der Waals surface area contributed by atoms with Gasteiger partial charge in [-0.05, 0) is 44.5 Å². The third-order valence-electron chi connectivity index (χ3n) is 2.68. The minimum Gasteiger partial charge on any atom is -0.379 e. The van der Waals surface area contributed by atoms with Crippen molar-refractivity contribution in [1.29, 1.82) is 0 Å². The first kappa shape index (κ1) is 15.0. The predicted octanol–water partition coefficient (Wildman–Crippen LogP) is 2.02. The van der Waals surface area contributed by atoms with E-state index in [9.17, 15) is 8.42 Å². The lowest BCUT2D eigenvalue weighted by Crippen LogP contribution is -2.39. The molecule has 0 fully saturated rings. The highest BCUT2D eigenvalue weighted by Crippen LogP contribution is 2.18. The number of hydrogen-bond acceptors (Lipinski definition) is 4. The third kappa shape index (κ3) is 3.99. The average Bonchev–Trinajstić information content (AvgIpc) is 2.29. The Morgan fingerprint density at radius 1 is 1.22 bits per heavy atom. The van der Waals surface area contributed by atoms with Gasteiger partial charge in [-0.2, -0.15) is 0 Å². The summed E-state index contributed by atoms with van der Waals surface area (Å²) in [5.74, 6) is 0.189. The molecular formula is C13H22N2O2S. The fourth-order valence-corrected chi connectivity index (χ4v) is 2.90. The summed E-state index contributed by atoms with van der Waals surface area (Å²) in [6.07, 6.45) is 0.628. The van der Waals surface area contributed by atoms with Gasteiger partial charge < -0.3 is 11.1 Å². The van der Waals surface area contributed by atoms with Crippen LogP contribution in [0.3, 0.4) is 0 Å². The van der Waals surface area contributed by atoms with Crippen LogP contribution in [0.25, 0.3) is 0 Å². The Balaban J connectivity index is 2.87. The van der Waals surface area contributed by atoms with Gasteiger partial charge in [-0.25, -0.2) is 8.42 Å². The normalized spacial score (nSPS) is 12.4. The van der Waals surface area contributed by atoms with Crippen molar-refractivity contribution in [2.45, 2.75) is 37.6 Å². The summed E-state index contributed by atoms with van der Waals surface area (Å²) in [7, 11) is -3.13. The van der Waals surface area contributed by atoms with Gasteiger partial charge in [0, 0.05) is 17.8 Å². The molecule has 0 unspecified atom stereocenters. The van der Waals surface area contributed by atoms with E-state index in [1.54, 1.807) is 24.3 Å². The Labute approximate surface area is 110 Å². The summed E-state index contributed by atoms with van der Waals surface area (Å²) >= 11 is 0. The molecule has 4 nitrogen and oxygen atoms in total. The molecule has 1 aromatic carbocycles. The van der Waals surface area contributed by atoms with Crippen molar-refractivity contribution in [2.75, 3.05) is 17.6 Å². The molecule has 0 aliphatic carbocycles. The fourth-order valence-electron chi connectivity index (χ4n) is 1.57. The van der Waals surface area contributed by atoms with Crippen LogP contribution in [0, 0.1) is 0 Å². The van der Waals surface area contributed by atoms with Gasteiger partial charge in [-0.3, -0.25) is 0 Å². The summed E-state index contributed by atoms with van der Waals surface area (Å²) in [5, 5.41) is 3.26. The summed E-state index contributed by atoms with van der Waals surface area (Å²) in [6.45, 7) is 6.35. The lowest BCUT2D eigenvalue weighted by Gasteiger charge is -2.25. The molecule has 102 valence electrons. The van der Waals surface area contributed by atoms with E-state index < -0.39 is 9.84 Å². The number of sulfone groups is 1. The largest absolute Gasteiger partial charge is 0.379 e. The maximum absolute atomic E-state index is 11.8. The molecule has 18 heavy (non-hydrogen) atoms. The summed E-state index contributed by atoms with van der Waals surface area (Å²) < 4.78 is 23.7. The quantitative estimate of drug-likeness (QED) is 0.829. The van der Waals surface area contributed by atoms with Crippen LogP contribution < -0.4 is 11.1 Å². The first-order chi connectivity index (χ1) is 8.30. The van der Waals surface area contributed by atoms with E-state index in [0.29, 0.717) is 17.9 Å². The fraction of sp³-hybridized carbons (Fsp3) is 0.538. The molecule has 0 saturated heterocycles. The Morgan fingerprint density at radius 2 is 1.78 bits per heavy atom. The number of hydrogen-bond donors (Lipinski definition) is 2. The lowest BCUT2D eigenvalue weighted by atomic mass is 10.1. The topological polar surface area (TPSA) is 72.2 Å². The Kier molecular flexibility index (Phi) is 4.76. The van der Waals surface area contributed by atoms with Gasteiger partial charge in [-0.1, -0.05) is 6.92 Å². The lowest BCUT2D eigenvalue weighted by molar-refractivity contribution is 0.580. The maximum atomic E-state index is 11.8. The van der Waals surface area contributed by atoms with Gasteiger partial charge >= 0.3 is 0 Å². The van der Waals surface area contributed by atoms with Gasteiger partial charge in [0.05, 0.1) is 10.6 Å². The highest BCUT2D eigenvalue weighted by atomic mass is 32.2. The van der Waals surface area contributed by atoms with Crippen LogP contribution in [0.5, 0.6) is 0 Å². The number of benzene rings is 1. The molecule has 5 heteroatoms. The van der Waals surface area contributed by atoms with Crippen LogP contribution in [0.15, 0.2) is 29.2 Å². The number of anilines is 1. The summed E-state index contributed by atoms with van der Waals surface area (Å²) in [5.41, 5.74) is 6.31. The Morgan fingerprint density at radius 3 is 2.22 bits per heavy atom. The molecule has 0 aliphatic rings. The SMILES string of the molecule is CCCS(=O)(=O)c1ccc(NC(C)(C)CN)cc1. The van der Waals surface area contributed by atoms with Crippen molar-refractivity contribution in [1.82, 2.24) is 0 Å². The molecule has 1 aromatic rings. The van der Waals surface area contributed by atoms with Gasteiger partial charge in [0.25, 0.3) is 0 Å². The van der Waals surface area contributed by atoms with Gasteiger partial charge in [0.15, 0.2) is 9.84 Å². The number of nitrogens with one attached hydrogen (secondary N) is 1. The molecule has 0 spiro atoms. The zero-order valence-corrected chi connectivity index (χ0v) is 12.0. The monoisotopic (exact) mass is 270 g/mol. The summed E-state index contributed by atoms with van der Waals surface area (Å²) in [6, 6.07) is 6.83. The van der Waals surface area contributed by atoms with E-state index in [0.717, 1.165) is 5.69 Å². The number of rotatable bonds is 6. The highest BCUT2D eigenvalue weighted by Gasteiger charge is 2.16. The van der Waals surface area contributed by atoms with E-state index in [1.165, 1.54) is 0 Å². The predicted molar refractivity (Wildman–Crippen MR) is 75.5 cm³/mol. The van der Waals surface area contributed by atoms with Crippen molar-refractivity contribution < 1.29 is 8.42 Å². The maximum Gasteiger partial charge on any atom is 0.178 e. The van der Waals surface area contributed by atoms with Crippen LogP contribution in [0.1, 0.15) is 27.2 Å². The first-order valence-corrected chi connectivity index (χ1v) is 7.77. The van der Waals surface area contributed by atoms with Crippen LogP contribution in [-0.4, -0.2) is 26.3 Å². The molecule has 0 heterocycles. The van der Waals surface area contributed by atoms with Crippen LogP contribution in [-0.2, 0) is 9.84 Å². The molecule has 1 rings (SSSR count).